The molecule has 15 rings (SSSR count). The zero-order chi connectivity index (χ0) is 77.0. The van der Waals surface area contributed by atoms with Gasteiger partial charge in [0.1, 0.15) is 105 Å². The van der Waals surface area contributed by atoms with E-state index >= 15 is 0 Å². The van der Waals surface area contributed by atoms with E-state index in [0.29, 0.717) is 78.6 Å². The van der Waals surface area contributed by atoms with E-state index in [1.54, 1.807) is 79.4 Å². The molecule has 15 aromatic rings. The summed E-state index contributed by atoms with van der Waals surface area (Å²) < 4.78 is 113. The van der Waals surface area contributed by atoms with Crippen LogP contribution in [-0.4, -0.2) is 74.9 Å². The van der Waals surface area contributed by atoms with E-state index < -0.39 is 17.9 Å². The van der Waals surface area contributed by atoms with Crippen molar-refractivity contribution in [3.63, 3.8) is 0 Å². The van der Waals surface area contributed by atoms with Crippen LogP contribution in [0, 0.1) is 27.7 Å². The summed E-state index contributed by atoms with van der Waals surface area (Å²) in [7, 11) is 7.79. The molecule has 110 heavy (non-hydrogen) atoms. The van der Waals surface area contributed by atoms with Gasteiger partial charge in [0.05, 0.1) is 82.1 Å². The number of carbonyl (C=O) groups is 2. The Bertz CT molecular complexity index is 5970. The van der Waals surface area contributed by atoms with Crippen LogP contribution in [-0.2, 0) is 39.2 Å². The number of aromatic hydroxyl groups is 4. The first-order chi connectivity index (χ1) is 51.3. The Morgan fingerprint density at radius 3 is 1.04 bits per heavy atom. The van der Waals surface area contributed by atoms with Gasteiger partial charge in [-0.05, 0) is 105 Å². The average molecular weight is 1590 g/mol. The van der Waals surface area contributed by atoms with Crippen molar-refractivity contribution in [1.82, 2.24) is 0 Å². The molecule has 0 unspecified atom stereocenters. The summed E-state index contributed by atoms with van der Waals surface area (Å²) in [5.74, 6) is 4.50. The normalized spacial score (nSPS) is 10.7. The maximum absolute atomic E-state index is 12.6. The Balaban J connectivity index is 0.000000190. The molecule has 0 fully saturated rings. The van der Waals surface area contributed by atoms with Crippen molar-refractivity contribution >= 4 is 101 Å². The number of benzene rings is 7. The van der Waals surface area contributed by atoms with E-state index in [0.717, 1.165) is 33.9 Å². The van der Waals surface area contributed by atoms with Gasteiger partial charge in [-0.1, -0.05) is 36.4 Å². The number of methoxy groups -OCH3 is 5. The zero-order valence-corrected chi connectivity index (χ0v) is 67.3. The number of rotatable bonds is 15. The second-order valence-corrected chi connectivity index (χ2v) is 22.7. The van der Waals surface area contributed by atoms with Crippen molar-refractivity contribution in [2.24, 2.45) is 0 Å². The second kappa shape index (κ2) is 38.9. The van der Waals surface area contributed by atoms with Crippen LogP contribution in [0.1, 0.15) is 39.7 Å². The molecule has 0 atom stereocenters. The van der Waals surface area contributed by atoms with Gasteiger partial charge in [0.25, 0.3) is 0 Å². The molecule has 0 aliphatic carbocycles. The van der Waals surface area contributed by atoms with E-state index in [4.69, 9.17) is 73.3 Å². The smallest absolute Gasteiger partial charge is 1.00 e. The van der Waals surface area contributed by atoms with Crippen LogP contribution in [0.4, 0.5) is 13.2 Å². The summed E-state index contributed by atoms with van der Waals surface area (Å²) in [5, 5.41) is 42.9. The average Bonchev–Trinajstić information content (AvgIpc) is 1.34. The molecule has 4 N–H and O–H groups in total. The van der Waals surface area contributed by atoms with Gasteiger partial charge in [-0.3, -0.25) is 28.8 Å². The molecule has 0 radical (unpaired) electrons. The van der Waals surface area contributed by atoms with Crippen molar-refractivity contribution < 1.29 is 237 Å². The first-order valence-corrected chi connectivity index (χ1v) is 31.5. The number of halogens is 4. The zero-order valence-electron chi connectivity index (χ0n) is 60.3. The van der Waals surface area contributed by atoms with Crippen molar-refractivity contribution in [2.45, 2.75) is 53.7 Å². The summed E-state index contributed by atoms with van der Waals surface area (Å²) in [5.41, 5.74) is 3.21. The summed E-state index contributed by atoms with van der Waals surface area (Å²) in [6.45, 7) is 7.59. The molecule has 0 spiro atoms. The molecule has 0 saturated heterocycles. The van der Waals surface area contributed by atoms with E-state index in [1.165, 1.54) is 69.6 Å². The molecular formula is C77H63ClF3K2O27+. The third-order valence-corrected chi connectivity index (χ3v) is 15.7. The SMILES string of the molecule is COc1c2ccoc2c(O)c2oc(C)cc(=O)c12.COc1ccc(COOC=O)cc1.COc1ccc(COc2c3occc3c(O)c3c(=O)cc(C)oc23)cc1.COc1ccc(COc2c3occc3c(OC)c3c(=O)cc(C)oc23)cc1.Cc1cc(=O)c2c(O)c3ccoc3c(O)c2o1.O=CC(F)(F)F.[Cl-].[K+].[K+]. The van der Waals surface area contributed by atoms with Crippen molar-refractivity contribution in [2.75, 3.05) is 35.5 Å². The summed E-state index contributed by atoms with van der Waals surface area (Å²) >= 11 is 0. The minimum absolute atomic E-state index is 0. The maximum Gasteiger partial charge on any atom is 1.00 e. The van der Waals surface area contributed by atoms with Gasteiger partial charge < -0.3 is 106 Å². The second-order valence-electron chi connectivity index (χ2n) is 22.7. The van der Waals surface area contributed by atoms with Crippen LogP contribution in [0.15, 0.2) is 201 Å². The summed E-state index contributed by atoms with van der Waals surface area (Å²) in [4.78, 5) is 75.8. The molecule has 8 heterocycles. The molecule has 0 bridgehead atoms. The van der Waals surface area contributed by atoms with Crippen LogP contribution >= 0.6 is 0 Å². The number of ether oxygens (including phenoxy) is 7. The molecule has 0 saturated carbocycles. The predicted octanol–water partition coefficient (Wildman–Crippen LogP) is 6.46. The van der Waals surface area contributed by atoms with Crippen molar-refractivity contribution in [1.29, 1.82) is 0 Å². The van der Waals surface area contributed by atoms with Gasteiger partial charge in [0, 0.05) is 24.3 Å². The van der Waals surface area contributed by atoms with E-state index in [9.17, 15) is 57.6 Å². The number of aldehydes is 1. The molecule has 0 amide bonds. The van der Waals surface area contributed by atoms with Gasteiger partial charge in [-0.25, -0.2) is 0 Å². The largest absolute Gasteiger partial charge is 1.00 e. The van der Waals surface area contributed by atoms with Gasteiger partial charge in [-0.15, -0.1) is 0 Å². The third kappa shape index (κ3) is 19.7. The monoisotopic (exact) mass is 1590 g/mol. The fraction of sp³-hybridized carbons (Fsp3) is 0.169. The molecule has 7 aromatic carbocycles. The molecule has 0 aliphatic rings. The first kappa shape index (κ1) is 87.0. The van der Waals surface area contributed by atoms with Crippen LogP contribution in [0.3, 0.4) is 0 Å². The number of carbonyl (C=O) groups excluding carboxylic acids is 2. The van der Waals surface area contributed by atoms with Crippen molar-refractivity contribution in [3.8, 4) is 63.2 Å². The summed E-state index contributed by atoms with van der Waals surface area (Å²) in [6.07, 6.45) is 0.000915. The number of fused-ring (bicyclic) bond motifs is 8. The minimum atomic E-state index is -4.64. The van der Waals surface area contributed by atoms with Crippen LogP contribution in [0.5, 0.6) is 63.2 Å². The van der Waals surface area contributed by atoms with E-state index in [2.05, 4.69) is 9.78 Å². The van der Waals surface area contributed by atoms with Gasteiger partial charge in [0.15, 0.2) is 66.4 Å². The quantitative estimate of drug-likeness (QED) is 0.0213. The topological polar surface area (TPSA) is 372 Å². The minimum Gasteiger partial charge on any atom is -1.00 e. The van der Waals surface area contributed by atoms with Gasteiger partial charge in [-0.2, -0.15) is 18.1 Å². The fourth-order valence-electron chi connectivity index (χ4n) is 10.9. The number of phenolic OH excluding ortho intramolecular Hbond substituents is 4. The molecule has 33 heteroatoms. The number of furan rings is 4. The third-order valence-electron chi connectivity index (χ3n) is 15.7. The summed E-state index contributed by atoms with van der Waals surface area (Å²) in [6, 6.07) is 34.0. The molecule has 562 valence electrons. The Morgan fingerprint density at radius 1 is 0.373 bits per heavy atom. The maximum atomic E-state index is 12.6. The van der Waals surface area contributed by atoms with Crippen molar-refractivity contribution in [3.05, 3.63) is 227 Å². The Labute approximate surface area is 709 Å². The number of aryl methyl sites for hydroxylation is 4. The Morgan fingerprint density at radius 2 is 0.664 bits per heavy atom. The van der Waals surface area contributed by atoms with E-state index in [-0.39, 0.29) is 236 Å². The molecule has 8 aromatic heterocycles. The Hall–Kier alpha value is -10.2. The van der Waals surface area contributed by atoms with Crippen LogP contribution in [0.2, 0.25) is 0 Å². The fourth-order valence-corrected chi connectivity index (χ4v) is 10.9. The first-order valence-electron chi connectivity index (χ1n) is 31.5. The molecule has 0 aliphatic heterocycles. The standard InChI is InChI=1S/C21H18O6.C20H16O6.C13H10O5.C12H8O5.C9H10O4.C2HF3O.ClH.2K/c1-12-10-16(22)17-18(24-3)15-8-9-25-19(15)21(20(17)27-12)26-11-13-4-6-14(23-2)7-5-13;1-11-9-15(21)16-17(22)14-7-8-24-18(14)20(19(16)26-11)25-10-12-3-5-13(23-2)6-4-12;1-6-5-8(14)9-11(16-2)7-3-4-17-12(7)10(15)13(9)18-6;1-5-4-7(13)8-9(14)6-2-3-16-11(6)10(15)12(8)17-5;1-11-9-4-2-8(3-5-9)6-12-13-7-10;3-2(4,5)1-6;;;/h4-10H,11H2,1-3H3;3-9,22H,10H2,1-2H3;3-5,15H,1-2H3;2-4,14-15H,1H3;2-5,7H,6H2,1H3;1H;1H;;/q;;;;;;;2*+1/p-1. The van der Waals surface area contributed by atoms with Crippen LogP contribution < -0.4 is 170 Å². The number of hydrogen-bond donors (Lipinski definition) is 4. The number of hydrogen-bond acceptors (Lipinski definition) is 27. The number of phenols is 4. The van der Waals surface area contributed by atoms with Gasteiger partial charge in [0.2, 0.25) is 29.3 Å². The predicted molar refractivity (Wildman–Crippen MR) is 379 cm³/mol. The number of alkyl halides is 3. The molecule has 27 nitrogen and oxygen atoms in total. The Kier molecular flexibility index (Phi) is 30.8. The van der Waals surface area contributed by atoms with E-state index in [1.807, 2.05) is 60.7 Å². The van der Waals surface area contributed by atoms with Crippen LogP contribution in [0.25, 0.3) is 87.8 Å². The van der Waals surface area contributed by atoms with Gasteiger partial charge >= 0.3 is 115 Å². The molecular weight excluding hydrogens is 1530 g/mol.